The van der Waals surface area contributed by atoms with Crippen LogP contribution < -0.4 is 4.74 Å². The first-order valence-corrected chi connectivity index (χ1v) is 11.5. The highest BCUT2D eigenvalue weighted by atomic mass is 19.1. The second-order valence-corrected chi connectivity index (χ2v) is 8.55. The molecular formula is C28H28FN5O3. The maximum absolute atomic E-state index is 14.3. The van der Waals surface area contributed by atoms with E-state index in [1.165, 1.54) is 19.5 Å². The average molecular weight is 502 g/mol. The number of hydrogen-bond donors (Lipinski definition) is 0. The van der Waals surface area contributed by atoms with E-state index in [9.17, 15) is 14.0 Å². The molecule has 0 unspecified atom stereocenters. The van der Waals surface area contributed by atoms with Crippen LogP contribution in [0.5, 0.6) is 5.88 Å². The number of benzene rings is 2. The number of rotatable bonds is 4. The van der Waals surface area contributed by atoms with Crippen LogP contribution in [0.2, 0.25) is 0 Å². The summed E-state index contributed by atoms with van der Waals surface area (Å²) in [5, 5.41) is 0.769. The number of methoxy groups -OCH3 is 1. The summed E-state index contributed by atoms with van der Waals surface area (Å²) in [7, 11) is 1.37. The summed E-state index contributed by atoms with van der Waals surface area (Å²) in [5.41, 5.74) is 4.06. The van der Waals surface area contributed by atoms with E-state index in [0.29, 0.717) is 43.0 Å². The van der Waals surface area contributed by atoms with Crippen molar-refractivity contribution in [3.05, 3.63) is 72.4 Å². The zero-order valence-corrected chi connectivity index (χ0v) is 19.9. The molecule has 3 heterocycles. The molecule has 0 saturated carbocycles. The molecule has 4 aromatic rings. The first-order chi connectivity index (χ1) is 17.4. The quantitative estimate of drug-likeness (QED) is 0.411. The summed E-state index contributed by atoms with van der Waals surface area (Å²) in [5.74, 6) is -0.672. The largest absolute Gasteiger partial charge is 0.479 e. The van der Waals surface area contributed by atoms with Crippen LogP contribution in [0.15, 0.2) is 61.1 Å². The Kier molecular flexibility index (Phi) is 7.42. The van der Waals surface area contributed by atoms with Gasteiger partial charge in [-0.1, -0.05) is 25.6 Å². The van der Waals surface area contributed by atoms with Gasteiger partial charge in [-0.15, -0.1) is 0 Å². The molecule has 8 nitrogen and oxygen atoms in total. The van der Waals surface area contributed by atoms with E-state index in [1.54, 1.807) is 29.0 Å². The summed E-state index contributed by atoms with van der Waals surface area (Å²) in [4.78, 5) is 41.2. The van der Waals surface area contributed by atoms with Gasteiger partial charge in [-0.3, -0.25) is 9.59 Å². The van der Waals surface area contributed by atoms with Gasteiger partial charge in [0.25, 0.3) is 5.91 Å². The van der Waals surface area contributed by atoms with Crippen molar-refractivity contribution < 1.29 is 18.7 Å². The smallest absolute Gasteiger partial charge is 0.253 e. The third-order valence-electron chi connectivity index (χ3n) is 6.36. The Morgan fingerprint density at radius 3 is 2.35 bits per heavy atom. The number of piperazine rings is 1. The monoisotopic (exact) mass is 501 g/mol. The lowest BCUT2D eigenvalue weighted by Gasteiger charge is -2.34. The van der Waals surface area contributed by atoms with E-state index < -0.39 is 5.82 Å². The minimum absolute atomic E-state index is 0. The van der Waals surface area contributed by atoms with Crippen molar-refractivity contribution in [1.29, 1.82) is 0 Å². The molecule has 5 rings (SSSR count). The number of carbonyl (C=O) groups is 2. The van der Waals surface area contributed by atoms with Crippen molar-refractivity contribution in [2.75, 3.05) is 33.3 Å². The summed E-state index contributed by atoms with van der Waals surface area (Å²) >= 11 is 0. The normalized spacial score (nSPS) is 13.3. The van der Waals surface area contributed by atoms with Gasteiger partial charge in [-0.05, 0) is 35.9 Å². The molecule has 190 valence electrons. The van der Waals surface area contributed by atoms with Crippen molar-refractivity contribution >= 4 is 22.7 Å². The fraction of sp³-hybridized carbons (Fsp3) is 0.250. The fourth-order valence-corrected chi connectivity index (χ4v) is 4.41. The van der Waals surface area contributed by atoms with Crippen molar-refractivity contribution in [3.63, 3.8) is 0 Å². The van der Waals surface area contributed by atoms with Crippen LogP contribution in [0.1, 0.15) is 24.7 Å². The third kappa shape index (κ3) is 5.11. The van der Waals surface area contributed by atoms with E-state index in [0.717, 1.165) is 22.0 Å². The van der Waals surface area contributed by atoms with Crippen LogP contribution in [0.4, 0.5) is 4.39 Å². The van der Waals surface area contributed by atoms with Gasteiger partial charge in [0, 0.05) is 61.4 Å². The van der Waals surface area contributed by atoms with Gasteiger partial charge in [0.1, 0.15) is 6.33 Å². The van der Waals surface area contributed by atoms with E-state index in [2.05, 4.69) is 15.0 Å². The Labute approximate surface area is 214 Å². The molecular weight excluding hydrogens is 473 g/mol. The lowest BCUT2D eigenvalue weighted by atomic mass is 10.00. The van der Waals surface area contributed by atoms with Gasteiger partial charge in [-0.2, -0.15) is 0 Å². The number of fused-ring (bicyclic) bond motifs is 1. The fourth-order valence-electron chi connectivity index (χ4n) is 4.41. The molecule has 0 aliphatic carbocycles. The molecule has 37 heavy (non-hydrogen) atoms. The molecule has 1 fully saturated rings. The molecule has 1 aliphatic rings. The number of aromatic nitrogens is 3. The molecule has 2 aromatic heterocycles. The van der Waals surface area contributed by atoms with Gasteiger partial charge in [0.2, 0.25) is 11.8 Å². The van der Waals surface area contributed by atoms with Gasteiger partial charge in [0.05, 0.1) is 18.3 Å². The summed E-state index contributed by atoms with van der Waals surface area (Å²) in [6.07, 6.45) is 3.04. The zero-order valence-electron chi connectivity index (χ0n) is 19.9. The van der Waals surface area contributed by atoms with Gasteiger partial charge in [0.15, 0.2) is 5.82 Å². The lowest BCUT2D eigenvalue weighted by Crippen LogP contribution is -2.50. The lowest BCUT2D eigenvalue weighted by molar-refractivity contribution is -0.130. The van der Waals surface area contributed by atoms with Gasteiger partial charge < -0.3 is 14.5 Å². The Balaban J connectivity index is 0.00000320. The van der Waals surface area contributed by atoms with Crippen molar-refractivity contribution in [2.24, 2.45) is 0 Å². The standard InChI is InChI=1S/C27H24FN5O3.CH4/c1-17(34)32-8-10-33(11-9-32)27(35)20-5-3-4-19(12-20)25-22-13-18(6-7-24(22)30-16-31-25)21-14-23(28)26(36-2)29-15-21;/h3-7,12-16H,8-11H2,1-2H3;1H4. The molecule has 0 N–H and O–H groups in total. The van der Waals surface area contributed by atoms with Crippen LogP contribution in [-0.2, 0) is 4.79 Å². The summed E-state index contributed by atoms with van der Waals surface area (Å²) < 4.78 is 19.2. The third-order valence-corrected chi connectivity index (χ3v) is 6.36. The molecule has 0 atom stereocenters. The van der Waals surface area contributed by atoms with E-state index in [4.69, 9.17) is 4.74 Å². The summed E-state index contributed by atoms with van der Waals surface area (Å²) in [6.45, 7) is 3.59. The molecule has 0 bridgehead atoms. The zero-order chi connectivity index (χ0) is 25.2. The Hall–Kier alpha value is -4.40. The Morgan fingerprint density at radius 2 is 1.65 bits per heavy atom. The molecule has 9 heteroatoms. The van der Waals surface area contributed by atoms with Crippen LogP contribution in [0.3, 0.4) is 0 Å². The van der Waals surface area contributed by atoms with E-state index in [-0.39, 0.29) is 25.1 Å². The van der Waals surface area contributed by atoms with Gasteiger partial charge >= 0.3 is 0 Å². The number of carbonyl (C=O) groups excluding carboxylic acids is 2. The van der Waals surface area contributed by atoms with Crippen LogP contribution in [0.25, 0.3) is 33.3 Å². The minimum Gasteiger partial charge on any atom is -0.479 e. The number of ether oxygens (including phenoxy) is 1. The highest BCUT2D eigenvalue weighted by Crippen LogP contribution is 2.31. The minimum atomic E-state index is -0.546. The number of amides is 2. The first kappa shape index (κ1) is 25.7. The van der Waals surface area contributed by atoms with E-state index >= 15 is 0 Å². The number of halogens is 1. The van der Waals surface area contributed by atoms with Crippen molar-refractivity contribution in [1.82, 2.24) is 24.8 Å². The molecule has 2 aromatic carbocycles. The van der Waals surface area contributed by atoms with Crippen molar-refractivity contribution in [3.8, 4) is 28.3 Å². The van der Waals surface area contributed by atoms with E-state index in [1.807, 2.05) is 36.4 Å². The SMILES string of the molecule is C.COc1ncc(-c2ccc3ncnc(-c4cccc(C(=O)N5CCN(C(C)=O)CC5)c4)c3c2)cc1F. The van der Waals surface area contributed by atoms with Crippen LogP contribution in [-0.4, -0.2) is 69.9 Å². The highest BCUT2D eigenvalue weighted by molar-refractivity contribution is 5.98. The molecule has 0 radical (unpaired) electrons. The summed E-state index contributed by atoms with van der Waals surface area (Å²) in [6, 6.07) is 14.3. The maximum Gasteiger partial charge on any atom is 0.253 e. The van der Waals surface area contributed by atoms with Crippen LogP contribution in [0, 0.1) is 5.82 Å². The van der Waals surface area contributed by atoms with Crippen molar-refractivity contribution in [2.45, 2.75) is 14.4 Å². The predicted molar refractivity (Wildman–Crippen MR) is 140 cm³/mol. The average Bonchev–Trinajstić information content (AvgIpc) is 2.92. The maximum atomic E-state index is 14.3. The second-order valence-electron chi connectivity index (χ2n) is 8.55. The number of pyridine rings is 1. The first-order valence-electron chi connectivity index (χ1n) is 11.5. The predicted octanol–water partition coefficient (Wildman–Crippen LogP) is 4.45. The number of hydrogen-bond acceptors (Lipinski definition) is 6. The molecule has 1 aliphatic heterocycles. The Bertz CT molecular complexity index is 1470. The topological polar surface area (TPSA) is 88.5 Å². The molecule has 2 amide bonds. The second kappa shape index (κ2) is 10.7. The number of nitrogens with zero attached hydrogens (tertiary/aromatic N) is 5. The Morgan fingerprint density at radius 1 is 0.892 bits per heavy atom. The van der Waals surface area contributed by atoms with Gasteiger partial charge in [-0.25, -0.2) is 19.3 Å². The molecule has 1 saturated heterocycles. The highest BCUT2D eigenvalue weighted by Gasteiger charge is 2.23. The van der Waals surface area contributed by atoms with Crippen LogP contribution >= 0.6 is 0 Å². The molecule has 0 spiro atoms.